The Morgan fingerprint density at radius 1 is 1.25 bits per heavy atom. The molecule has 3 aromatic rings. The van der Waals surface area contributed by atoms with E-state index in [0.29, 0.717) is 23.2 Å². The number of non-ortho nitro benzene ring substituents is 1. The van der Waals surface area contributed by atoms with Crippen molar-refractivity contribution in [3.8, 4) is 17.2 Å². The number of anilines is 1. The van der Waals surface area contributed by atoms with E-state index in [2.05, 4.69) is 27.2 Å². The fourth-order valence-electron chi connectivity index (χ4n) is 2.27. The first-order chi connectivity index (χ1) is 11.7. The van der Waals surface area contributed by atoms with Crippen molar-refractivity contribution in [3.05, 3.63) is 59.0 Å². The highest BCUT2D eigenvalue weighted by atomic mass is 16.6. The third-order valence-electron chi connectivity index (χ3n) is 3.38. The van der Waals surface area contributed by atoms with E-state index < -0.39 is 4.92 Å². The molecule has 0 atom stereocenters. The van der Waals surface area contributed by atoms with Crippen LogP contribution < -0.4 is 5.32 Å². The predicted octanol–water partition coefficient (Wildman–Crippen LogP) is 3.06. The van der Waals surface area contributed by atoms with Crippen molar-refractivity contribution in [2.75, 3.05) is 11.9 Å². The number of nitro groups is 1. The molecule has 122 valence electrons. The normalized spacial score (nSPS) is 10.5. The first-order valence-corrected chi connectivity index (χ1v) is 7.54. The van der Waals surface area contributed by atoms with Gasteiger partial charge in [0.15, 0.2) is 0 Å². The number of aromatic nitrogens is 4. The zero-order valence-corrected chi connectivity index (χ0v) is 13.1. The maximum Gasteiger partial charge on any atom is 0.270 e. The standard InChI is InChI=1S/C16H16N6O2/c1-2-7-18-16-19-8-6-14(20-16)21-10-9-17-15(21)12-4-3-5-13(11-12)22(23)24/h3-6,8-11H,2,7H2,1H3,(H,18,19,20). The number of imidazole rings is 1. The summed E-state index contributed by atoms with van der Waals surface area (Å²) >= 11 is 0. The molecule has 3 rings (SSSR count). The van der Waals surface area contributed by atoms with Gasteiger partial charge in [0, 0.05) is 42.8 Å². The molecular formula is C16H16N6O2. The zero-order valence-electron chi connectivity index (χ0n) is 13.1. The third kappa shape index (κ3) is 3.22. The fraction of sp³-hybridized carbons (Fsp3) is 0.188. The first kappa shape index (κ1) is 15.6. The van der Waals surface area contributed by atoms with Crippen LogP contribution in [-0.2, 0) is 0 Å². The van der Waals surface area contributed by atoms with Gasteiger partial charge < -0.3 is 5.32 Å². The summed E-state index contributed by atoms with van der Waals surface area (Å²) in [5.74, 6) is 1.76. The number of hydrogen-bond acceptors (Lipinski definition) is 6. The highest BCUT2D eigenvalue weighted by molar-refractivity contribution is 5.61. The van der Waals surface area contributed by atoms with Gasteiger partial charge in [0.1, 0.15) is 11.6 Å². The van der Waals surface area contributed by atoms with Crippen LogP contribution in [0.3, 0.4) is 0 Å². The minimum Gasteiger partial charge on any atom is -0.354 e. The van der Waals surface area contributed by atoms with Gasteiger partial charge in [-0.05, 0) is 12.5 Å². The summed E-state index contributed by atoms with van der Waals surface area (Å²) < 4.78 is 1.78. The van der Waals surface area contributed by atoms with Crippen molar-refractivity contribution < 1.29 is 4.92 Å². The molecule has 1 aromatic carbocycles. The highest BCUT2D eigenvalue weighted by Gasteiger charge is 2.13. The lowest BCUT2D eigenvalue weighted by Crippen LogP contribution is -2.07. The Balaban J connectivity index is 1.99. The second-order valence-electron chi connectivity index (χ2n) is 5.09. The lowest BCUT2D eigenvalue weighted by molar-refractivity contribution is -0.384. The monoisotopic (exact) mass is 324 g/mol. The lowest BCUT2D eigenvalue weighted by atomic mass is 10.2. The molecule has 0 amide bonds. The predicted molar refractivity (Wildman–Crippen MR) is 90.0 cm³/mol. The number of nitro benzene ring substituents is 1. The Morgan fingerprint density at radius 3 is 2.92 bits per heavy atom. The van der Waals surface area contributed by atoms with Crippen molar-refractivity contribution in [2.24, 2.45) is 0 Å². The molecule has 0 bridgehead atoms. The van der Waals surface area contributed by atoms with Crippen LogP contribution in [0, 0.1) is 10.1 Å². The van der Waals surface area contributed by atoms with E-state index in [0.717, 1.165) is 13.0 Å². The van der Waals surface area contributed by atoms with Crippen molar-refractivity contribution in [1.29, 1.82) is 0 Å². The Bertz CT molecular complexity index is 861. The number of benzene rings is 1. The quantitative estimate of drug-likeness (QED) is 0.552. The second kappa shape index (κ2) is 6.86. The maximum absolute atomic E-state index is 11.0. The molecule has 0 unspecified atom stereocenters. The van der Waals surface area contributed by atoms with Gasteiger partial charge in [0.05, 0.1) is 4.92 Å². The van der Waals surface area contributed by atoms with Gasteiger partial charge in [-0.3, -0.25) is 14.7 Å². The van der Waals surface area contributed by atoms with Crippen molar-refractivity contribution in [3.63, 3.8) is 0 Å². The highest BCUT2D eigenvalue weighted by Crippen LogP contribution is 2.24. The summed E-state index contributed by atoms with van der Waals surface area (Å²) in [5.41, 5.74) is 0.672. The van der Waals surface area contributed by atoms with Crippen molar-refractivity contribution >= 4 is 11.6 Å². The SMILES string of the molecule is CCCNc1nccc(-n2ccnc2-c2cccc([N+](=O)[O-])c2)n1. The van der Waals surface area contributed by atoms with E-state index in [1.165, 1.54) is 12.1 Å². The summed E-state index contributed by atoms with van der Waals surface area (Å²) in [6, 6.07) is 8.13. The molecule has 2 heterocycles. The second-order valence-corrected chi connectivity index (χ2v) is 5.09. The van der Waals surface area contributed by atoms with Crippen LogP contribution >= 0.6 is 0 Å². The van der Waals surface area contributed by atoms with E-state index >= 15 is 0 Å². The van der Waals surface area contributed by atoms with Crippen LogP contribution in [0.25, 0.3) is 17.2 Å². The van der Waals surface area contributed by atoms with Crippen LogP contribution in [0.4, 0.5) is 11.6 Å². The molecule has 1 N–H and O–H groups in total. The average molecular weight is 324 g/mol. The van der Waals surface area contributed by atoms with Crippen LogP contribution in [0.15, 0.2) is 48.9 Å². The number of nitrogens with zero attached hydrogens (tertiary/aromatic N) is 5. The summed E-state index contributed by atoms with van der Waals surface area (Å²) in [6.07, 6.45) is 6.03. The molecule has 0 fully saturated rings. The first-order valence-electron chi connectivity index (χ1n) is 7.54. The van der Waals surface area contributed by atoms with Gasteiger partial charge in [0.2, 0.25) is 5.95 Å². The van der Waals surface area contributed by atoms with Gasteiger partial charge in [-0.25, -0.2) is 9.97 Å². The average Bonchev–Trinajstić information content (AvgIpc) is 3.10. The van der Waals surface area contributed by atoms with Crippen LogP contribution in [0.1, 0.15) is 13.3 Å². The summed E-state index contributed by atoms with van der Waals surface area (Å²) in [6.45, 7) is 2.85. The largest absolute Gasteiger partial charge is 0.354 e. The minimum atomic E-state index is -0.422. The molecule has 8 heteroatoms. The molecule has 0 saturated heterocycles. The number of nitrogens with one attached hydrogen (secondary N) is 1. The van der Waals surface area contributed by atoms with E-state index in [4.69, 9.17) is 0 Å². The summed E-state index contributed by atoms with van der Waals surface area (Å²) in [7, 11) is 0. The zero-order chi connectivity index (χ0) is 16.9. The molecule has 0 aliphatic carbocycles. The van der Waals surface area contributed by atoms with Gasteiger partial charge in [-0.2, -0.15) is 4.98 Å². The number of rotatable bonds is 6. The van der Waals surface area contributed by atoms with Gasteiger partial charge in [-0.1, -0.05) is 19.1 Å². The Hall–Kier alpha value is -3.29. The van der Waals surface area contributed by atoms with Crippen LogP contribution in [0.2, 0.25) is 0 Å². The fourth-order valence-corrected chi connectivity index (χ4v) is 2.27. The molecule has 24 heavy (non-hydrogen) atoms. The van der Waals surface area contributed by atoms with Crippen molar-refractivity contribution in [2.45, 2.75) is 13.3 Å². The molecule has 0 aliphatic heterocycles. The Kier molecular flexibility index (Phi) is 4.46. The van der Waals surface area contributed by atoms with Gasteiger partial charge in [-0.15, -0.1) is 0 Å². The van der Waals surface area contributed by atoms with E-state index in [1.54, 1.807) is 41.4 Å². The number of hydrogen-bond donors (Lipinski definition) is 1. The molecule has 2 aromatic heterocycles. The van der Waals surface area contributed by atoms with Crippen molar-refractivity contribution in [1.82, 2.24) is 19.5 Å². The Labute approximate surface area is 138 Å². The molecular weight excluding hydrogens is 308 g/mol. The minimum absolute atomic E-state index is 0.0232. The summed E-state index contributed by atoms with van der Waals surface area (Å²) in [4.78, 5) is 23.5. The lowest BCUT2D eigenvalue weighted by Gasteiger charge is -2.09. The van der Waals surface area contributed by atoms with E-state index in [1.807, 2.05) is 0 Å². The topological polar surface area (TPSA) is 98.8 Å². The molecule has 0 spiro atoms. The third-order valence-corrected chi connectivity index (χ3v) is 3.38. The maximum atomic E-state index is 11.0. The van der Waals surface area contributed by atoms with Crippen LogP contribution in [-0.4, -0.2) is 31.0 Å². The van der Waals surface area contributed by atoms with Gasteiger partial charge in [0.25, 0.3) is 5.69 Å². The van der Waals surface area contributed by atoms with Gasteiger partial charge >= 0.3 is 0 Å². The smallest absolute Gasteiger partial charge is 0.270 e. The molecule has 0 radical (unpaired) electrons. The Morgan fingerprint density at radius 2 is 2.12 bits per heavy atom. The molecule has 8 nitrogen and oxygen atoms in total. The van der Waals surface area contributed by atoms with Crippen LogP contribution in [0.5, 0.6) is 0 Å². The van der Waals surface area contributed by atoms with E-state index in [9.17, 15) is 10.1 Å². The summed E-state index contributed by atoms with van der Waals surface area (Å²) in [5, 5.41) is 14.1. The molecule has 0 aliphatic rings. The molecule has 0 saturated carbocycles. The van der Waals surface area contributed by atoms with E-state index in [-0.39, 0.29) is 5.69 Å².